The second-order valence-corrected chi connectivity index (χ2v) is 7.11. The quantitative estimate of drug-likeness (QED) is 0.521. The Bertz CT molecular complexity index is 979. The Hall–Kier alpha value is -3.12. The smallest absolute Gasteiger partial charge is 0.340 e. The Morgan fingerprint density at radius 1 is 1.03 bits per heavy atom. The largest absolute Gasteiger partial charge is 0.493 e. The van der Waals surface area contributed by atoms with E-state index in [1.807, 2.05) is 55.5 Å². The van der Waals surface area contributed by atoms with Gasteiger partial charge in [0.05, 0.1) is 25.0 Å². The Balaban J connectivity index is 1.60. The van der Waals surface area contributed by atoms with Crippen molar-refractivity contribution in [1.29, 1.82) is 0 Å². The summed E-state index contributed by atoms with van der Waals surface area (Å²) >= 11 is 1.34. The number of aryl methyl sites for hydroxylation is 1. The summed E-state index contributed by atoms with van der Waals surface area (Å²) in [4.78, 5) is 24.0. The second kappa shape index (κ2) is 9.89. The average Bonchev–Trinajstić information content (AvgIpc) is 3.21. The van der Waals surface area contributed by atoms with E-state index in [2.05, 4.69) is 5.32 Å². The van der Waals surface area contributed by atoms with Gasteiger partial charge in [-0.25, -0.2) is 4.79 Å². The highest BCUT2D eigenvalue weighted by atomic mass is 32.1. The predicted molar refractivity (Wildman–Crippen MR) is 116 cm³/mol. The number of para-hydroxylation sites is 1. The van der Waals surface area contributed by atoms with E-state index in [1.165, 1.54) is 18.4 Å². The van der Waals surface area contributed by atoms with Gasteiger partial charge in [0.2, 0.25) is 5.91 Å². The molecule has 3 rings (SSSR count). The number of hydrogen-bond donors (Lipinski definition) is 1. The van der Waals surface area contributed by atoms with Crippen LogP contribution in [0.1, 0.15) is 29.3 Å². The molecule has 0 fully saturated rings. The molecule has 1 heterocycles. The molecule has 150 valence electrons. The van der Waals surface area contributed by atoms with Gasteiger partial charge in [-0.15, -0.1) is 11.3 Å². The number of methoxy groups -OCH3 is 1. The minimum Gasteiger partial charge on any atom is -0.493 e. The lowest BCUT2D eigenvalue weighted by Gasteiger charge is -2.11. The number of carbonyl (C=O) groups is 2. The first-order valence-corrected chi connectivity index (χ1v) is 10.3. The summed E-state index contributed by atoms with van der Waals surface area (Å²) in [6, 6.07) is 16.1. The average molecular weight is 410 g/mol. The SMILES string of the molecule is CCOc1ccccc1-c1ccc(CCC(=O)Nc2cscc2C(=O)OC)cc1. The number of esters is 1. The summed E-state index contributed by atoms with van der Waals surface area (Å²) < 4.78 is 10.4. The minimum atomic E-state index is -0.454. The third-order valence-corrected chi connectivity index (χ3v) is 5.18. The van der Waals surface area contributed by atoms with Gasteiger partial charge < -0.3 is 14.8 Å². The van der Waals surface area contributed by atoms with Crippen LogP contribution in [-0.2, 0) is 16.0 Å². The van der Waals surface area contributed by atoms with E-state index < -0.39 is 5.97 Å². The molecular formula is C23H23NO4S. The van der Waals surface area contributed by atoms with Crippen LogP contribution in [0.5, 0.6) is 5.75 Å². The fourth-order valence-corrected chi connectivity index (χ4v) is 3.72. The van der Waals surface area contributed by atoms with E-state index in [-0.39, 0.29) is 5.91 Å². The van der Waals surface area contributed by atoms with E-state index in [9.17, 15) is 9.59 Å². The number of benzene rings is 2. The summed E-state index contributed by atoms with van der Waals surface area (Å²) in [5, 5.41) is 6.19. The first-order valence-electron chi connectivity index (χ1n) is 9.38. The molecule has 1 aromatic heterocycles. The maximum Gasteiger partial charge on any atom is 0.340 e. The van der Waals surface area contributed by atoms with Crippen LogP contribution in [0.4, 0.5) is 5.69 Å². The molecule has 1 N–H and O–H groups in total. The lowest BCUT2D eigenvalue weighted by molar-refractivity contribution is -0.116. The normalized spacial score (nSPS) is 10.4. The zero-order chi connectivity index (χ0) is 20.6. The lowest BCUT2D eigenvalue weighted by Crippen LogP contribution is -2.14. The van der Waals surface area contributed by atoms with Crippen LogP contribution >= 0.6 is 11.3 Å². The molecule has 0 radical (unpaired) electrons. The zero-order valence-electron chi connectivity index (χ0n) is 16.4. The van der Waals surface area contributed by atoms with Crippen molar-refractivity contribution in [1.82, 2.24) is 0 Å². The van der Waals surface area contributed by atoms with Gasteiger partial charge >= 0.3 is 5.97 Å². The highest BCUT2D eigenvalue weighted by Gasteiger charge is 2.15. The lowest BCUT2D eigenvalue weighted by atomic mass is 10.0. The molecule has 1 amide bonds. The number of carbonyl (C=O) groups excluding carboxylic acids is 2. The van der Waals surface area contributed by atoms with Crippen LogP contribution < -0.4 is 10.1 Å². The van der Waals surface area contributed by atoms with Crippen molar-refractivity contribution in [3.63, 3.8) is 0 Å². The highest BCUT2D eigenvalue weighted by Crippen LogP contribution is 2.30. The van der Waals surface area contributed by atoms with Crippen LogP contribution in [0, 0.1) is 0 Å². The van der Waals surface area contributed by atoms with Crippen LogP contribution in [0.2, 0.25) is 0 Å². The topological polar surface area (TPSA) is 64.6 Å². The maximum absolute atomic E-state index is 12.3. The third-order valence-electron chi connectivity index (χ3n) is 4.43. The van der Waals surface area contributed by atoms with Gasteiger partial charge in [0.1, 0.15) is 5.75 Å². The summed E-state index contributed by atoms with van der Waals surface area (Å²) in [6.45, 7) is 2.58. The molecular weight excluding hydrogens is 386 g/mol. The van der Waals surface area contributed by atoms with Gasteiger partial charge in [0.25, 0.3) is 0 Å². The van der Waals surface area contributed by atoms with Crippen molar-refractivity contribution in [3.05, 3.63) is 70.4 Å². The van der Waals surface area contributed by atoms with Crippen molar-refractivity contribution in [2.45, 2.75) is 19.8 Å². The van der Waals surface area contributed by atoms with Crippen molar-refractivity contribution >= 4 is 28.9 Å². The molecule has 0 aliphatic heterocycles. The summed E-state index contributed by atoms with van der Waals surface area (Å²) in [7, 11) is 1.32. The van der Waals surface area contributed by atoms with E-state index >= 15 is 0 Å². The number of anilines is 1. The number of hydrogen-bond acceptors (Lipinski definition) is 5. The summed E-state index contributed by atoms with van der Waals surface area (Å²) in [5.41, 5.74) is 4.06. The minimum absolute atomic E-state index is 0.140. The Kier molecular flexibility index (Phi) is 7.03. The van der Waals surface area contributed by atoms with Crippen LogP contribution in [0.15, 0.2) is 59.3 Å². The number of rotatable bonds is 8. The Morgan fingerprint density at radius 2 is 1.79 bits per heavy atom. The van der Waals surface area contributed by atoms with Crippen molar-refractivity contribution in [3.8, 4) is 16.9 Å². The highest BCUT2D eigenvalue weighted by molar-refractivity contribution is 7.08. The van der Waals surface area contributed by atoms with Crippen molar-refractivity contribution in [2.75, 3.05) is 19.0 Å². The fourth-order valence-electron chi connectivity index (χ4n) is 2.97. The number of thiophene rings is 1. The van der Waals surface area contributed by atoms with Gasteiger partial charge in [-0.2, -0.15) is 0 Å². The molecule has 0 aliphatic rings. The van der Waals surface area contributed by atoms with E-state index in [0.717, 1.165) is 22.4 Å². The first-order chi connectivity index (χ1) is 14.1. The van der Waals surface area contributed by atoms with Crippen LogP contribution in [0.3, 0.4) is 0 Å². The summed E-state index contributed by atoms with van der Waals surface area (Å²) in [5.74, 6) is 0.267. The number of amides is 1. The van der Waals surface area contributed by atoms with Gasteiger partial charge in [-0.1, -0.05) is 42.5 Å². The van der Waals surface area contributed by atoms with E-state index in [4.69, 9.17) is 9.47 Å². The van der Waals surface area contributed by atoms with Crippen LogP contribution in [-0.4, -0.2) is 25.6 Å². The van der Waals surface area contributed by atoms with Crippen LogP contribution in [0.25, 0.3) is 11.1 Å². The van der Waals surface area contributed by atoms with E-state index in [1.54, 1.807) is 10.8 Å². The Labute approximate surface area is 174 Å². The molecule has 0 spiro atoms. The van der Waals surface area contributed by atoms with Gasteiger partial charge in [0, 0.05) is 22.7 Å². The Morgan fingerprint density at radius 3 is 2.52 bits per heavy atom. The van der Waals surface area contributed by atoms with Gasteiger partial charge in [0.15, 0.2) is 0 Å². The number of nitrogens with one attached hydrogen (secondary N) is 1. The summed E-state index contributed by atoms with van der Waals surface area (Å²) in [6.07, 6.45) is 0.933. The fraction of sp³-hybridized carbons (Fsp3) is 0.217. The van der Waals surface area contributed by atoms with Gasteiger partial charge in [-0.3, -0.25) is 4.79 Å². The molecule has 0 unspecified atom stereocenters. The number of ether oxygens (including phenoxy) is 2. The molecule has 0 aliphatic carbocycles. The maximum atomic E-state index is 12.3. The molecule has 29 heavy (non-hydrogen) atoms. The molecule has 0 saturated carbocycles. The van der Waals surface area contributed by atoms with E-state index in [0.29, 0.717) is 30.7 Å². The molecule has 0 atom stereocenters. The monoisotopic (exact) mass is 409 g/mol. The predicted octanol–water partition coefficient (Wildman–Crippen LogP) is 5.17. The molecule has 5 nitrogen and oxygen atoms in total. The zero-order valence-corrected chi connectivity index (χ0v) is 17.3. The van der Waals surface area contributed by atoms with Crippen molar-refractivity contribution in [2.24, 2.45) is 0 Å². The molecule has 6 heteroatoms. The van der Waals surface area contributed by atoms with Gasteiger partial charge in [-0.05, 0) is 30.5 Å². The van der Waals surface area contributed by atoms with Crippen molar-refractivity contribution < 1.29 is 19.1 Å². The standard InChI is InChI=1S/C23H23NO4S/c1-3-28-21-7-5-4-6-18(21)17-11-8-16(9-12-17)10-13-22(25)24-20-15-29-14-19(20)23(26)27-2/h4-9,11-12,14-15H,3,10,13H2,1-2H3,(H,24,25). The molecule has 0 saturated heterocycles. The molecule has 0 bridgehead atoms. The molecule has 2 aromatic carbocycles. The molecule has 3 aromatic rings. The first kappa shape index (κ1) is 20.6. The second-order valence-electron chi connectivity index (χ2n) is 6.36. The third kappa shape index (κ3) is 5.23.